The van der Waals surface area contributed by atoms with E-state index in [-0.39, 0.29) is 24.6 Å². The van der Waals surface area contributed by atoms with Gasteiger partial charge in [-0.1, -0.05) is 0 Å². The standard InChI is InChI=1S/C10H20N2O2.ClH/c1-7-5-14-6-8(2)12(7)9-3-11-4-10(9)13;/h7-11,13H,3-6H2,1-2H3;1H/t7?,8?,9-,10-;/m1./s1. The van der Waals surface area contributed by atoms with Gasteiger partial charge in [-0.3, -0.25) is 4.90 Å². The number of β-amino-alcohol motifs (C(OH)–C–C–N with tert-alkyl or cyclic N) is 1. The summed E-state index contributed by atoms with van der Waals surface area (Å²) in [6.07, 6.45) is -0.224. The molecule has 0 saturated carbocycles. The van der Waals surface area contributed by atoms with Gasteiger partial charge in [0.2, 0.25) is 0 Å². The van der Waals surface area contributed by atoms with E-state index in [4.69, 9.17) is 4.74 Å². The minimum absolute atomic E-state index is 0. The number of ether oxygens (including phenoxy) is 1. The molecule has 0 aromatic carbocycles. The molecule has 2 aliphatic rings. The van der Waals surface area contributed by atoms with E-state index < -0.39 is 0 Å². The summed E-state index contributed by atoms with van der Waals surface area (Å²) in [5.74, 6) is 0. The number of aliphatic hydroxyl groups is 1. The van der Waals surface area contributed by atoms with Crippen LogP contribution in [0.1, 0.15) is 13.8 Å². The number of rotatable bonds is 1. The Labute approximate surface area is 97.4 Å². The Hall–Kier alpha value is 0.130. The summed E-state index contributed by atoms with van der Waals surface area (Å²) in [6, 6.07) is 1.10. The highest BCUT2D eigenvalue weighted by molar-refractivity contribution is 5.85. The SMILES string of the molecule is CC1COCC(C)N1[C@@H]1CNC[C@H]1O.Cl. The maximum Gasteiger partial charge on any atom is 0.0832 e. The van der Waals surface area contributed by atoms with Gasteiger partial charge in [0, 0.05) is 31.2 Å². The van der Waals surface area contributed by atoms with E-state index in [1.807, 2.05) is 0 Å². The average Bonchev–Trinajstić information content (AvgIpc) is 2.52. The van der Waals surface area contributed by atoms with Gasteiger partial charge in [0.1, 0.15) is 0 Å². The van der Waals surface area contributed by atoms with Crippen LogP contribution in [0.15, 0.2) is 0 Å². The van der Waals surface area contributed by atoms with Crippen LogP contribution in [-0.2, 0) is 4.74 Å². The number of hydrogen-bond acceptors (Lipinski definition) is 4. The zero-order valence-corrected chi connectivity index (χ0v) is 10.2. The third-order valence-corrected chi connectivity index (χ3v) is 3.27. The Bertz CT molecular complexity index is 196. The van der Waals surface area contributed by atoms with Crippen LogP contribution < -0.4 is 5.32 Å². The lowest BCUT2D eigenvalue weighted by atomic mass is 10.1. The molecule has 5 heteroatoms. The van der Waals surface area contributed by atoms with Gasteiger partial charge in [-0.15, -0.1) is 12.4 Å². The number of nitrogens with zero attached hydrogens (tertiary/aromatic N) is 1. The van der Waals surface area contributed by atoms with Gasteiger partial charge in [-0.2, -0.15) is 0 Å². The fourth-order valence-corrected chi connectivity index (χ4v) is 2.62. The summed E-state index contributed by atoms with van der Waals surface area (Å²) in [6.45, 7) is 7.53. The Morgan fingerprint density at radius 2 is 1.80 bits per heavy atom. The Morgan fingerprint density at radius 3 is 2.27 bits per heavy atom. The summed E-state index contributed by atoms with van der Waals surface area (Å²) in [5, 5.41) is 13.1. The van der Waals surface area contributed by atoms with Crippen LogP contribution in [0.5, 0.6) is 0 Å². The molecule has 0 bridgehead atoms. The number of nitrogens with one attached hydrogen (secondary N) is 1. The smallest absolute Gasteiger partial charge is 0.0832 e. The van der Waals surface area contributed by atoms with E-state index >= 15 is 0 Å². The Kier molecular flexibility index (Phi) is 4.80. The highest BCUT2D eigenvalue weighted by atomic mass is 35.5. The predicted molar refractivity (Wildman–Crippen MR) is 61.5 cm³/mol. The van der Waals surface area contributed by atoms with Crippen molar-refractivity contribution in [2.75, 3.05) is 26.3 Å². The molecule has 2 fully saturated rings. The van der Waals surface area contributed by atoms with Crippen molar-refractivity contribution < 1.29 is 9.84 Å². The number of aliphatic hydroxyl groups excluding tert-OH is 1. The third-order valence-electron chi connectivity index (χ3n) is 3.27. The highest BCUT2D eigenvalue weighted by Gasteiger charge is 2.37. The average molecular weight is 237 g/mol. The van der Waals surface area contributed by atoms with Crippen molar-refractivity contribution in [2.24, 2.45) is 0 Å². The van der Waals surface area contributed by atoms with Crippen molar-refractivity contribution in [1.29, 1.82) is 0 Å². The Balaban J connectivity index is 0.00000112. The summed E-state index contributed by atoms with van der Waals surface area (Å²) in [7, 11) is 0. The van der Waals surface area contributed by atoms with E-state index in [0.717, 1.165) is 26.3 Å². The van der Waals surface area contributed by atoms with Crippen molar-refractivity contribution >= 4 is 12.4 Å². The second kappa shape index (κ2) is 5.46. The molecule has 0 aromatic rings. The maximum atomic E-state index is 9.83. The van der Waals surface area contributed by atoms with Crippen molar-refractivity contribution in [1.82, 2.24) is 10.2 Å². The van der Waals surface area contributed by atoms with Crippen LogP contribution in [0, 0.1) is 0 Å². The minimum atomic E-state index is -0.224. The lowest BCUT2D eigenvalue weighted by Gasteiger charge is -2.43. The van der Waals surface area contributed by atoms with Crippen LogP contribution in [0.3, 0.4) is 0 Å². The molecule has 4 atom stereocenters. The van der Waals surface area contributed by atoms with Gasteiger partial charge >= 0.3 is 0 Å². The van der Waals surface area contributed by atoms with E-state index in [2.05, 4.69) is 24.1 Å². The van der Waals surface area contributed by atoms with Gasteiger partial charge in [0.15, 0.2) is 0 Å². The highest BCUT2D eigenvalue weighted by Crippen LogP contribution is 2.20. The summed E-state index contributed by atoms with van der Waals surface area (Å²) < 4.78 is 5.48. The van der Waals surface area contributed by atoms with E-state index in [1.54, 1.807) is 0 Å². The van der Waals surface area contributed by atoms with Crippen molar-refractivity contribution in [3.05, 3.63) is 0 Å². The number of halogens is 1. The fourth-order valence-electron chi connectivity index (χ4n) is 2.62. The molecular weight excluding hydrogens is 216 g/mol. The quantitative estimate of drug-likeness (QED) is 0.665. The first-order chi connectivity index (χ1) is 6.70. The molecule has 2 rings (SSSR count). The molecular formula is C10H21ClN2O2. The van der Waals surface area contributed by atoms with Crippen molar-refractivity contribution in [3.63, 3.8) is 0 Å². The zero-order valence-electron chi connectivity index (χ0n) is 9.35. The molecule has 2 saturated heterocycles. The lowest BCUT2D eigenvalue weighted by molar-refractivity contribution is -0.0731. The summed E-state index contributed by atoms with van der Waals surface area (Å²) >= 11 is 0. The summed E-state index contributed by atoms with van der Waals surface area (Å²) in [5.41, 5.74) is 0. The maximum absolute atomic E-state index is 9.83. The van der Waals surface area contributed by atoms with Crippen LogP contribution in [-0.4, -0.2) is 60.5 Å². The monoisotopic (exact) mass is 236 g/mol. The molecule has 15 heavy (non-hydrogen) atoms. The van der Waals surface area contributed by atoms with Gasteiger partial charge in [-0.25, -0.2) is 0 Å². The number of morpholine rings is 1. The first-order valence-corrected chi connectivity index (χ1v) is 5.44. The molecule has 2 N–H and O–H groups in total. The molecule has 0 amide bonds. The lowest BCUT2D eigenvalue weighted by Crippen LogP contribution is -2.57. The fraction of sp³-hybridized carbons (Fsp3) is 1.00. The molecule has 4 nitrogen and oxygen atoms in total. The molecule has 0 spiro atoms. The number of hydrogen-bond donors (Lipinski definition) is 2. The van der Waals surface area contributed by atoms with E-state index in [1.165, 1.54) is 0 Å². The van der Waals surface area contributed by atoms with E-state index in [9.17, 15) is 5.11 Å². The minimum Gasteiger partial charge on any atom is -0.390 e. The molecule has 90 valence electrons. The molecule has 2 heterocycles. The third kappa shape index (κ3) is 2.63. The summed E-state index contributed by atoms with van der Waals surface area (Å²) in [4.78, 5) is 2.40. The molecule has 0 radical (unpaired) electrons. The second-order valence-electron chi connectivity index (χ2n) is 4.48. The van der Waals surface area contributed by atoms with Crippen molar-refractivity contribution in [2.45, 2.75) is 38.1 Å². The normalized spacial score (nSPS) is 42.6. The van der Waals surface area contributed by atoms with Crippen LogP contribution in [0.25, 0.3) is 0 Å². The van der Waals surface area contributed by atoms with Crippen LogP contribution >= 0.6 is 12.4 Å². The van der Waals surface area contributed by atoms with Crippen LogP contribution in [0.2, 0.25) is 0 Å². The van der Waals surface area contributed by atoms with Gasteiger partial charge in [0.25, 0.3) is 0 Å². The molecule has 0 aliphatic carbocycles. The first kappa shape index (κ1) is 13.2. The topological polar surface area (TPSA) is 44.7 Å². The largest absolute Gasteiger partial charge is 0.390 e. The Morgan fingerprint density at radius 1 is 1.20 bits per heavy atom. The zero-order chi connectivity index (χ0) is 10.1. The van der Waals surface area contributed by atoms with Gasteiger partial charge < -0.3 is 15.2 Å². The first-order valence-electron chi connectivity index (χ1n) is 5.44. The van der Waals surface area contributed by atoms with Crippen molar-refractivity contribution in [3.8, 4) is 0 Å². The van der Waals surface area contributed by atoms with Gasteiger partial charge in [0.05, 0.1) is 19.3 Å². The second-order valence-corrected chi connectivity index (χ2v) is 4.48. The van der Waals surface area contributed by atoms with E-state index in [0.29, 0.717) is 12.1 Å². The van der Waals surface area contributed by atoms with Crippen LogP contribution in [0.4, 0.5) is 0 Å². The van der Waals surface area contributed by atoms with Gasteiger partial charge in [-0.05, 0) is 13.8 Å². The predicted octanol–water partition coefficient (Wildman–Crippen LogP) is -0.150. The molecule has 2 aliphatic heterocycles. The molecule has 0 aromatic heterocycles. The molecule has 2 unspecified atom stereocenters.